The molecule has 0 atom stereocenters. The van der Waals surface area contributed by atoms with Crippen LogP contribution in [0.5, 0.6) is 5.75 Å². The van der Waals surface area contributed by atoms with Crippen LogP contribution in [0.2, 0.25) is 5.02 Å². The van der Waals surface area contributed by atoms with E-state index in [1.54, 1.807) is 42.5 Å². The van der Waals surface area contributed by atoms with Crippen molar-refractivity contribution in [2.45, 2.75) is 12.8 Å². The normalized spacial score (nSPS) is 10.3. The molecule has 2 aromatic rings. The Hall–Kier alpha value is -2.33. The summed E-state index contributed by atoms with van der Waals surface area (Å²) < 4.78 is 5.12. The molecule has 0 aliphatic heterocycles. The number of carbonyl (C=O) groups is 2. The maximum absolute atomic E-state index is 12.3. The van der Waals surface area contributed by atoms with Gasteiger partial charge in [-0.1, -0.05) is 23.7 Å². The lowest BCUT2D eigenvalue weighted by atomic mass is 9.99. The van der Waals surface area contributed by atoms with E-state index in [1.807, 2.05) is 0 Å². The van der Waals surface area contributed by atoms with E-state index in [1.165, 1.54) is 7.11 Å². The van der Waals surface area contributed by atoms with Crippen molar-refractivity contribution in [3.63, 3.8) is 0 Å². The van der Waals surface area contributed by atoms with E-state index in [2.05, 4.69) is 0 Å². The molecule has 5 heteroatoms. The van der Waals surface area contributed by atoms with Gasteiger partial charge in [0.1, 0.15) is 5.75 Å². The first-order chi connectivity index (χ1) is 10.5. The molecule has 0 bridgehead atoms. The maximum Gasteiger partial charge on any atom is 0.307 e. The number of benzene rings is 2. The van der Waals surface area contributed by atoms with E-state index >= 15 is 0 Å². The fourth-order valence-corrected chi connectivity index (χ4v) is 2.27. The lowest BCUT2D eigenvalue weighted by Gasteiger charge is -2.09. The number of hydrogen-bond acceptors (Lipinski definition) is 3. The van der Waals surface area contributed by atoms with E-state index in [4.69, 9.17) is 21.4 Å². The number of carbonyl (C=O) groups excluding carboxylic acids is 1. The highest BCUT2D eigenvalue weighted by atomic mass is 35.5. The van der Waals surface area contributed by atoms with Gasteiger partial charge in [-0.15, -0.1) is 0 Å². The van der Waals surface area contributed by atoms with Gasteiger partial charge in [-0.25, -0.2) is 0 Å². The summed E-state index contributed by atoms with van der Waals surface area (Å²) in [6, 6.07) is 11.9. The number of aliphatic carboxylic acids is 1. The predicted molar refractivity (Wildman–Crippen MR) is 83.8 cm³/mol. The zero-order valence-electron chi connectivity index (χ0n) is 12.0. The number of halogens is 1. The van der Waals surface area contributed by atoms with E-state index in [0.717, 1.165) is 5.56 Å². The highest BCUT2D eigenvalue weighted by Crippen LogP contribution is 2.22. The van der Waals surface area contributed by atoms with Crippen molar-refractivity contribution in [1.29, 1.82) is 0 Å². The van der Waals surface area contributed by atoms with Crippen LogP contribution < -0.4 is 4.74 Å². The third-order valence-electron chi connectivity index (χ3n) is 3.22. The van der Waals surface area contributed by atoms with Gasteiger partial charge >= 0.3 is 5.97 Å². The molecule has 0 saturated heterocycles. The second-order valence-corrected chi connectivity index (χ2v) is 5.26. The van der Waals surface area contributed by atoms with Crippen molar-refractivity contribution in [1.82, 2.24) is 0 Å². The van der Waals surface area contributed by atoms with Crippen LogP contribution >= 0.6 is 11.6 Å². The van der Waals surface area contributed by atoms with Crippen LogP contribution in [0.1, 0.15) is 21.5 Å². The summed E-state index contributed by atoms with van der Waals surface area (Å²) in [5.74, 6) is -0.595. The van der Waals surface area contributed by atoms with Gasteiger partial charge in [-0.2, -0.15) is 0 Å². The second-order valence-electron chi connectivity index (χ2n) is 4.82. The molecule has 22 heavy (non-hydrogen) atoms. The largest absolute Gasteiger partial charge is 0.496 e. The summed E-state index contributed by atoms with van der Waals surface area (Å²) >= 11 is 5.81. The fraction of sp³-hybridized carbons (Fsp3) is 0.176. The molecule has 114 valence electrons. The van der Waals surface area contributed by atoms with Crippen LogP contribution in [-0.4, -0.2) is 24.0 Å². The number of Topliss-reactive ketones (excluding diaryl/α,β-unsaturated/α-hetero) is 1. The first kappa shape index (κ1) is 16.0. The van der Waals surface area contributed by atoms with Crippen molar-refractivity contribution < 1.29 is 19.4 Å². The molecule has 0 spiro atoms. The van der Waals surface area contributed by atoms with Crippen LogP contribution in [0, 0.1) is 0 Å². The van der Waals surface area contributed by atoms with Crippen molar-refractivity contribution in [3.8, 4) is 5.75 Å². The van der Waals surface area contributed by atoms with Crippen molar-refractivity contribution in [3.05, 3.63) is 64.2 Å². The van der Waals surface area contributed by atoms with Gasteiger partial charge in [0.25, 0.3) is 0 Å². The van der Waals surface area contributed by atoms with Crippen LogP contribution in [0.3, 0.4) is 0 Å². The van der Waals surface area contributed by atoms with Gasteiger partial charge in [0, 0.05) is 22.6 Å². The molecule has 2 rings (SSSR count). The zero-order chi connectivity index (χ0) is 16.1. The minimum absolute atomic E-state index is 0.0865. The first-order valence-corrected chi connectivity index (χ1v) is 7.03. The Kier molecular flexibility index (Phi) is 5.17. The lowest BCUT2D eigenvalue weighted by molar-refractivity contribution is -0.136. The summed E-state index contributed by atoms with van der Waals surface area (Å²) in [5.41, 5.74) is 1.80. The Labute approximate surface area is 133 Å². The number of carboxylic acid groups (broad SMARTS) is 1. The standard InChI is InChI=1S/C17H15ClO4/c1-22-16-7-4-12(9-13(16)10-17(20)21)15(19)8-11-2-5-14(18)6-3-11/h2-7,9H,8,10H2,1H3,(H,20,21). The van der Waals surface area contributed by atoms with Crippen LogP contribution in [0.25, 0.3) is 0 Å². The van der Waals surface area contributed by atoms with Gasteiger partial charge in [-0.05, 0) is 35.9 Å². The Morgan fingerprint density at radius 1 is 1.09 bits per heavy atom. The number of ketones is 1. The van der Waals surface area contributed by atoms with Crippen LogP contribution in [0.15, 0.2) is 42.5 Å². The fourth-order valence-electron chi connectivity index (χ4n) is 2.14. The quantitative estimate of drug-likeness (QED) is 0.829. The van der Waals surface area contributed by atoms with E-state index in [-0.39, 0.29) is 18.6 Å². The molecular formula is C17H15ClO4. The number of hydrogen-bond donors (Lipinski definition) is 1. The minimum atomic E-state index is -0.972. The molecule has 0 radical (unpaired) electrons. The lowest BCUT2D eigenvalue weighted by Crippen LogP contribution is -2.07. The number of ether oxygens (including phenoxy) is 1. The Balaban J connectivity index is 2.22. The summed E-state index contributed by atoms with van der Waals surface area (Å²) in [5, 5.41) is 9.54. The smallest absolute Gasteiger partial charge is 0.307 e. The Morgan fingerprint density at radius 2 is 1.77 bits per heavy atom. The summed E-state index contributed by atoms with van der Waals surface area (Å²) in [6.07, 6.45) is 0.0429. The van der Waals surface area contributed by atoms with Crippen molar-refractivity contribution >= 4 is 23.4 Å². The molecule has 1 N–H and O–H groups in total. The summed E-state index contributed by atoms with van der Waals surface area (Å²) in [7, 11) is 1.47. The maximum atomic E-state index is 12.3. The molecule has 2 aromatic carbocycles. The summed E-state index contributed by atoms with van der Waals surface area (Å²) in [4.78, 5) is 23.2. The van der Waals surface area contributed by atoms with E-state index < -0.39 is 5.97 Å². The van der Waals surface area contributed by atoms with Gasteiger partial charge in [-0.3, -0.25) is 9.59 Å². The minimum Gasteiger partial charge on any atom is -0.496 e. The number of rotatable bonds is 6. The van der Waals surface area contributed by atoms with Crippen LogP contribution in [-0.2, 0) is 17.6 Å². The van der Waals surface area contributed by atoms with Crippen LogP contribution in [0.4, 0.5) is 0 Å². The molecule has 0 fully saturated rings. The molecule has 0 heterocycles. The summed E-state index contributed by atoms with van der Waals surface area (Å²) in [6.45, 7) is 0. The zero-order valence-corrected chi connectivity index (χ0v) is 12.8. The first-order valence-electron chi connectivity index (χ1n) is 6.66. The van der Waals surface area contributed by atoms with E-state index in [0.29, 0.717) is 21.9 Å². The predicted octanol–water partition coefficient (Wildman–Crippen LogP) is 3.40. The SMILES string of the molecule is COc1ccc(C(=O)Cc2ccc(Cl)cc2)cc1CC(=O)O. The average Bonchev–Trinajstić information content (AvgIpc) is 2.49. The monoisotopic (exact) mass is 318 g/mol. The molecule has 0 amide bonds. The molecule has 4 nitrogen and oxygen atoms in total. The third-order valence-corrected chi connectivity index (χ3v) is 3.47. The third kappa shape index (κ3) is 4.09. The Morgan fingerprint density at radius 3 is 2.36 bits per heavy atom. The molecule has 0 aliphatic carbocycles. The number of carboxylic acids is 1. The van der Waals surface area contributed by atoms with E-state index in [9.17, 15) is 9.59 Å². The topological polar surface area (TPSA) is 63.6 Å². The average molecular weight is 319 g/mol. The van der Waals surface area contributed by atoms with Crippen molar-refractivity contribution in [2.24, 2.45) is 0 Å². The number of methoxy groups -OCH3 is 1. The molecule has 0 aliphatic rings. The highest BCUT2D eigenvalue weighted by Gasteiger charge is 2.13. The van der Waals surface area contributed by atoms with Crippen molar-refractivity contribution in [2.75, 3.05) is 7.11 Å². The molecular weight excluding hydrogens is 304 g/mol. The van der Waals surface area contributed by atoms with Gasteiger partial charge in [0.05, 0.1) is 13.5 Å². The second kappa shape index (κ2) is 7.09. The molecule has 0 unspecified atom stereocenters. The van der Waals surface area contributed by atoms with Gasteiger partial charge in [0.15, 0.2) is 5.78 Å². The molecule has 0 saturated carbocycles. The Bertz CT molecular complexity index is 692. The molecule has 0 aromatic heterocycles. The highest BCUT2D eigenvalue weighted by molar-refractivity contribution is 6.30. The van der Waals surface area contributed by atoms with Gasteiger partial charge in [0.2, 0.25) is 0 Å². The van der Waals surface area contributed by atoms with Gasteiger partial charge < -0.3 is 9.84 Å².